The van der Waals surface area contributed by atoms with Crippen LogP contribution in [0.1, 0.15) is 6.42 Å². The molecule has 2 aromatic rings. The molecule has 1 aromatic carbocycles. The van der Waals surface area contributed by atoms with Gasteiger partial charge in [-0.1, -0.05) is 18.2 Å². The van der Waals surface area contributed by atoms with Crippen molar-refractivity contribution in [3.63, 3.8) is 0 Å². The quantitative estimate of drug-likeness (QED) is 0.441. The Morgan fingerprint density at radius 2 is 2.05 bits per heavy atom. The Bertz CT molecular complexity index is 539. The van der Waals surface area contributed by atoms with Gasteiger partial charge in [-0.3, -0.25) is 4.99 Å². The number of aromatic nitrogens is 2. The second-order valence-corrected chi connectivity index (χ2v) is 4.74. The van der Waals surface area contributed by atoms with Crippen LogP contribution in [-0.2, 0) is 6.54 Å². The zero-order chi connectivity index (χ0) is 15.5. The molecule has 0 spiro atoms. The van der Waals surface area contributed by atoms with E-state index >= 15 is 0 Å². The molecule has 2 N–H and O–H groups in total. The number of ether oxygens (including phenoxy) is 1. The third-order valence-electron chi connectivity index (χ3n) is 3.07. The van der Waals surface area contributed by atoms with E-state index in [1.54, 1.807) is 19.6 Å². The molecule has 6 heteroatoms. The number of aliphatic imine (C=N–C) groups is 1. The SMILES string of the molecule is CN=C(NCCCOc1ccccc1)NCCn1ccnc1. The molecule has 118 valence electrons. The van der Waals surface area contributed by atoms with Crippen molar-refractivity contribution < 1.29 is 4.74 Å². The van der Waals surface area contributed by atoms with Gasteiger partial charge in [-0.15, -0.1) is 0 Å². The van der Waals surface area contributed by atoms with E-state index in [0.717, 1.165) is 37.8 Å². The van der Waals surface area contributed by atoms with Crippen molar-refractivity contribution in [2.45, 2.75) is 13.0 Å². The van der Waals surface area contributed by atoms with E-state index in [9.17, 15) is 0 Å². The second-order valence-electron chi connectivity index (χ2n) is 4.74. The van der Waals surface area contributed by atoms with Crippen LogP contribution < -0.4 is 15.4 Å². The molecule has 2 rings (SSSR count). The molecule has 0 saturated heterocycles. The van der Waals surface area contributed by atoms with Gasteiger partial charge in [0.25, 0.3) is 0 Å². The van der Waals surface area contributed by atoms with Crippen molar-refractivity contribution >= 4 is 5.96 Å². The fourth-order valence-corrected chi connectivity index (χ4v) is 1.93. The van der Waals surface area contributed by atoms with E-state index in [1.165, 1.54) is 0 Å². The maximum atomic E-state index is 5.64. The first kappa shape index (κ1) is 15.9. The summed E-state index contributed by atoms with van der Waals surface area (Å²) in [6.07, 6.45) is 6.44. The molecule has 1 aromatic heterocycles. The van der Waals surface area contributed by atoms with Crippen molar-refractivity contribution in [3.8, 4) is 5.75 Å². The molecule has 0 aliphatic rings. The highest BCUT2D eigenvalue weighted by molar-refractivity contribution is 5.79. The zero-order valence-electron chi connectivity index (χ0n) is 12.9. The number of para-hydroxylation sites is 1. The molecule has 22 heavy (non-hydrogen) atoms. The van der Waals surface area contributed by atoms with Gasteiger partial charge in [-0.2, -0.15) is 0 Å². The summed E-state index contributed by atoms with van der Waals surface area (Å²) in [4.78, 5) is 8.20. The lowest BCUT2D eigenvalue weighted by atomic mass is 10.3. The van der Waals surface area contributed by atoms with Crippen LogP contribution in [0.25, 0.3) is 0 Å². The van der Waals surface area contributed by atoms with Gasteiger partial charge in [0.1, 0.15) is 5.75 Å². The van der Waals surface area contributed by atoms with Crippen LogP contribution in [0.4, 0.5) is 0 Å². The topological polar surface area (TPSA) is 63.5 Å². The van der Waals surface area contributed by atoms with Gasteiger partial charge in [0, 0.05) is 39.1 Å². The summed E-state index contributed by atoms with van der Waals surface area (Å²) in [6, 6.07) is 9.85. The normalized spacial score (nSPS) is 11.2. The molecule has 1 heterocycles. The van der Waals surface area contributed by atoms with Crippen LogP contribution in [-0.4, -0.2) is 42.3 Å². The summed E-state index contributed by atoms with van der Waals surface area (Å²) >= 11 is 0. The molecule has 0 saturated carbocycles. The Morgan fingerprint density at radius 1 is 1.23 bits per heavy atom. The van der Waals surface area contributed by atoms with Gasteiger partial charge in [0.05, 0.1) is 12.9 Å². The first-order chi connectivity index (χ1) is 10.9. The summed E-state index contributed by atoms with van der Waals surface area (Å²) < 4.78 is 7.66. The summed E-state index contributed by atoms with van der Waals surface area (Å²) in [6.45, 7) is 3.16. The van der Waals surface area contributed by atoms with E-state index in [4.69, 9.17) is 4.74 Å². The van der Waals surface area contributed by atoms with Crippen LogP contribution in [0, 0.1) is 0 Å². The van der Waals surface area contributed by atoms with Crippen LogP contribution in [0.2, 0.25) is 0 Å². The number of nitrogens with one attached hydrogen (secondary N) is 2. The molecule has 0 radical (unpaired) electrons. The Balaban J connectivity index is 1.54. The van der Waals surface area contributed by atoms with E-state index < -0.39 is 0 Å². The summed E-state index contributed by atoms with van der Waals surface area (Å²) in [5, 5.41) is 6.54. The molecule has 0 bridgehead atoms. The minimum absolute atomic E-state index is 0.684. The number of benzene rings is 1. The average Bonchev–Trinajstić information content (AvgIpc) is 3.07. The summed E-state index contributed by atoms with van der Waals surface area (Å²) in [5.41, 5.74) is 0. The highest BCUT2D eigenvalue weighted by Gasteiger charge is 1.97. The van der Waals surface area contributed by atoms with Crippen LogP contribution in [0.5, 0.6) is 5.75 Å². The number of hydrogen-bond acceptors (Lipinski definition) is 3. The van der Waals surface area contributed by atoms with Crippen molar-refractivity contribution in [1.82, 2.24) is 20.2 Å². The van der Waals surface area contributed by atoms with Crippen molar-refractivity contribution in [2.75, 3.05) is 26.7 Å². The van der Waals surface area contributed by atoms with Crippen molar-refractivity contribution in [3.05, 3.63) is 49.1 Å². The minimum atomic E-state index is 0.684. The van der Waals surface area contributed by atoms with Gasteiger partial charge < -0.3 is 19.9 Å². The molecule has 0 aliphatic carbocycles. The van der Waals surface area contributed by atoms with Crippen LogP contribution >= 0.6 is 0 Å². The summed E-state index contributed by atoms with van der Waals surface area (Å²) in [5.74, 6) is 1.71. The van der Waals surface area contributed by atoms with Gasteiger partial charge in [-0.25, -0.2) is 4.98 Å². The molecule has 0 fully saturated rings. The summed E-state index contributed by atoms with van der Waals surface area (Å²) in [7, 11) is 1.77. The Kier molecular flexibility index (Phi) is 6.81. The first-order valence-corrected chi connectivity index (χ1v) is 7.46. The van der Waals surface area contributed by atoms with E-state index in [-0.39, 0.29) is 0 Å². The maximum absolute atomic E-state index is 5.64. The third kappa shape index (κ3) is 5.87. The first-order valence-electron chi connectivity index (χ1n) is 7.46. The molecule has 0 unspecified atom stereocenters. The molecule has 6 nitrogen and oxygen atoms in total. The van der Waals surface area contributed by atoms with Crippen LogP contribution in [0.15, 0.2) is 54.0 Å². The van der Waals surface area contributed by atoms with Gasteiger partial charge in [0.2, 0.25) is 0 Å². The largest absolute Gasteiger partial charge is 0.494 e. The van der Waals surface area contributed by atoms with E-state index in [0.29, 0.717) is 6.61 Å². The Morgan fingerprint density at radius 3 is 2.77 bits per heavy atom. The molecule has 0 atom stereocenters. The average molecular weight is 301 g/mol. The standard InChI is InChI=1S/C16H23N5O/c1-17-16(20-10-12-21-11-9-18-14-21)19-8-5-13-22-15-6-3-2-4-7-15/h2-4,6-7,9,11,14H,5,8,10,12-13H2,1H3,(H2,17,19,20). The van der Waals surface area contributed by atoms with Crippen LogP contribution in [0.3, 0.4) is 0 Å². The maximum Gasteiger partial charge on any atom is 0.191 e. The smallest absolute Gasteiger partial charge is 0.191 e. The van der Waals surface area contributed by atoms with E-state index in [2.05, 4.69) is 20.6 Å². The van der Waals surface area contributed by atoms with Crippen molar-refractivity contribution in [2.24, 2.45) is 4.99 Å². The van der Waals surface area contributed by atoms with Crippen molar-refractivity contribution in [1.29, 1.82) is 0 Å². The minimum Gasteiger partial charge on any atom is -0.494 e. The second kappa shape index (κ2) is 9.44. The Hall–Kier alpha value is -2.50. The number of hydrogen-bond donors (Lipinski definition) is 2. The predicted octanol–water partition coefficient (Wildman–Crippen LogP) is 1.52. The number of rotatable bonds is 8. The monoisotopic (exact) mass is 301 g/mol. The number of guanidine groups is 1. The van der Waals surface area contributed by atoms with E-state index in [1.807, 2.05) is 41.1 Å². The fourth-order valence-electron chi connectivity index (χ4n) is 1.93. The lowest BCUT2D eigenvalue weighted by molar-refractivity contribution is 0.311. The highest BCUT2D eigenvalue weighted by atomic mass is 16.5. The lowest BCUT2D eigenvalue weighted by Crippen LogP contribution is -2.39. The Labute approximate surface area is 131 Å². The predicted molar refractivity (Wildman–Crippen MR) is 88.1 cm³/mol. The van der Waals surface area contributed by atoms with Gasteiger partial charge in [-0.05, 0) is 18.6 Å². The zero-order valence-corrected chi connectivity index (χ0v) is 12.9. The number of imidazole rings is 1. The molecular weight excluding hydrogens is 278 g/mol. The van der Waals surface area contributed by atoms with Gasteiger partial charge >= 0.3 is 0 Å². The fraction of sp³-hybridized carbons (Fsp3) is 0.375. The highest BCUT2D eigenvalue weighted by Crippen LogP contribution is 2.07. The lowest BCUT2D eigenvalue weighted by Gasteiger charge is -2.12. The molecule has 0 aliphatic heterocycles. The van der Waals surface area contributed by atoms with Gasteiger partial charge in [0.15, 0.2) is 5.96 Å². The molecular formula is C16H23N5O. The molecule has 0 amide bonds. The number of nitrogens with zero attached hydrogens (tertiary/aromatic N) is 3. The third-order valence-corrected chi connectivity index (χ3v) is 3.07.